The van der Waals surface area contributed by atoms with Gasteiger partial charge in [-0.25, -0.2) is 9.37 Å². The molecule has 0 spiro atoms. The van der Waals surface area contributed by atoms with Crippen LogP contribution in [0.3, 0.4) is 0 Å². The molecule has 2 aliphatic heterocycles. The fourth-order valence-electron chi connectivity index (χ4n) is 3.74. The minimum absolute atomic E-state index is 0.0205. The van der Waals surface area contributed by atoms with Crippen LogP contribution in [0.5, 0.6) is 0 Å². The van der Waals surface area contributed by atoms with Crippen LogP contribution in [-0.2, 0) is 16.1 Å². The lowest BCUT2D eigenvalue weighted by Crippen LogP contribution is -2.70. The van der Waals surface area contributed by atoms with Gasteiger partial charge in [-0.3, -0.25) is 14.5 Å². The van der Waals surface area contributed by atoms with Gasteiger partial charge in [0.25, 0.3) is 0 Å². The van der Waals surface area contributed by atoms with Gasteiger partial charge in [-0.1, -0.05) is 13.8 Å². The Morgan fingerprint density at radius 2 is 2.00 bits per heavy atom. The Kier molecular flexibility index (Phi) is 5.16. The van der Waals surface area contributed by atoms with Gasteiger partial charge in [-0.05, 0) is 30.2 Å². The summed E-state index contributed by atoms with van der Waals surface area (Å²) in [6.07, 6.45) is 0. The van der Waals surface area contributed by atoms with Crippen LogP contribution in [0.1, 0.15) is 18.9 Å². The lowest BCUT2D eigenvalue weighted by Gasteiger charge is -2.45. The molecule has 8 heteroatoms. The van der Waals surface area contributed by atoms with Crippen LogP contribution in [0.2, 0.25) is 0 Å². The van der Waals surface area contributed by atoms with E-state index >= 15 is 0 Å². The zero-order valence-electron chi connectivity index (χ0n) is 15.9. The molecule has 0 saturated carbocycles. The highest BCUT2D eigenvalue weighted by atomic mass is 32.1. The maximum absolute atomic E-state index is 13.1. The Morgan fingerprint density at radius 3 is 2.71 bits per heavy atom. The van der Waals surface area contributed by atoms with Gasteiger partial charge in [0.1, 0.15) is 22.9 Å². The minimum Gasteiger partial charge on any atom is -0.342 e. The van der Waals surface area contributed by atoms with Crippen molar-refractivity contribution in [3.8, 4) is 11.3 Å². The van der Waals surface area contributed by atoms with Gasteiger partial charge < -0.3 is 10.2 Å². The second-order valence-corrected chi connectivity index (χ2v) is 8.59. The molecule has 148 valence electrons. The number of carbonyl (C=O) groups excluding carboxylic acids is 2. The van der Waals surface area contributed by atoms with E-state index in [1.807, 2.05) is 19.2 Å². The van der Waals surface area contributed by atoms with Crippen LogP contribution in [0.4, 0.5) is 4.39 Å². The first-order valence-corrected chi connectivity index (χ1v) is 10.3. The summed E-state index contributed by atoms with van der Waals surface area (Å²) in [4.78, 5) is 33.7. The maximum Gasteiger partial charge on any atom is 0.246 e. The van der Waals surface area contributed by atoms with Crippen molar-refractivity contribution >= 4 is 23.2 Å². The zero-order valence-corrected chi connectivity index (χ0v) is 16.7. The molecular formula is C20H23FN4O2S. The average molecular weight is 402 g/mol. The molecule has 3 heterocycles. The van der Waals surface area contributed by atoms with Crippen LogP contribution < -0.4 is 5.32 Å². The van der Waals surface area contributed by atoms with Crippen LogP contribution in [-0.4, -0.2) is 58.3 Å². The predicted molar refractivity (Wildman–Crippen MR) is 105 cm³/mol. The van der Waals surface area contributed by atoms with Crippen molar-refractivity contribution in [1.29, 1.82) is 0 Å². The molecule has 0 bridgehead atoms. The molecule has 1 N–H and O–H groups in total. The first-order valence-electron chi connectivity index (χ1n) is 9.46. The fraction of sp³-hybridized carbons (Fsp3) is 0.450. The number of benzene rings is 1. The van der Waals surface area contributed by atoms with Crippen LogP contribution in [0.25, 0.3) is 11.3 Å². The number of nitrogens with one attached hydrogen (secondary N) is 1. The lowest BCUT2D eigenvalue weighted by atomic mass is 9.96. The van der Waals surface area contributed by atoms with Crippen molar-refractivity contribution in [3.05, 3.63) is 40.5 Å². The number of rotatable bonds is 4. The first kappa shape index (κ1) is 19.0. The SMILES string of the molecule is CC(C)[C@@H]1NC(=O)[C@H]2CN(Cc3nc(-c4ccc(F)cc4)cs3)CCN2C1=O. The molecule has 2 saturated heterocycles. The van der Waals surface area contributed by atoms with Crippen LogP contribution in [0, 0.1) is 11.7 Å². The molecule has 6 nitrogen and oxygen atoms in total. The van der Waals surface area contributed by atoms with Gasteiger partial charge >= 0.3 is 0 Å². The number of piperazine rings is 2. The molecule has 2 amide bonds. The van der Waals surface area contributed by atoms with Crippen LogP contribution >= 0.6 is 11.3 Å². The van der Waals surface area contributed by atoms with Crippen LogP contribution in [0.15, 0.2) is 29.6 Å². The van der Waals surface area contributed by atoms with Crippen molar-refractivity contribution in [2.24, 2.45) is 5.92 Å². The third kappa shape index (κ3) is 3.66. The van der Waals surface area contributed by atoms with E-state index in [1.165, 1.54) is 12.1 Å². The molecular weight excluding hydrogens is 379 g/mol. The monoisotopic (exact) mass is 402 g/mol. The quantitative estimate of drug-likeness (QED) is 0.851. The van der Waals surface area contributed by atoms with Gasteiger partial charge in [-0.2, -0.15) is 0 Å². The van der Waals surface area contributed by atoms with Crippen molar-refractivity contribution < 1.29 is 14.0 Å². The highest BCUT2D eigenvalue weighted by Gasteiger charge is 2.44. The molecule has 0 radical (unpaired) electrons. The topological polar surface area (TPSA) is 65.5 Å². The Labute approximate surface area is 167 Å². The number of carbonyl (C=O) groups is 2. The summed E-state index contributed by atoms with van der Waals surface area (Å²) in [5.41, 5.74) is 1.70. The maximum atomic E-state index is 13.1. The number of thiazole rings is 1. The normalized spacial score (nSPS) is 23.1. The Morgan fingerprint density at radius 1 is 1.25 bits per heavy atom. The third-order valence-corrected chi connectivity index (χ3v) is 6.16. The number of hydrogen-bond donors (Lipinski definition) is 1. The number of amides is 2. The molecule has 0 aliphatic carbocycles. The fourth-order valence-corrected chi connectivity index (χ4v) is 4.59. The van der Waals surface area contributed by atoms with E-state index in [2.05, 4.69) is 15.2 Å². The highest BCUT2D eigenvalue weighted by Crippen LogP contribution is 2.25. The average Bonchev–Trinajstić information content (AvgIpc) is 3.13. The molecule has 2 fully saturated rings. The van der Waals surface area contributed by atoms with E-state index in [-0.39, 0.29) is 23.5 Å². The smallest absolute Gasteiger partial charge is 0.246 e. The number of fused-ring (bicyclic) bond motifs is 1. The van der Waals surface area contributed by atoms with E-state index in [9.17, 15) is 14.0 Å². The summed E-state index contributed by atoms with van der Waals surface area (Å²) in [5.74, 6) is -0.242. The number of aromatic nitrogens is 1. The molecule has 2 aliphatic rings. The molecule has 1 aromatic heterocycles. The summed E-state index contributed by atoms with van der Waals surface area (Å²) < 4.78 is 13.1. The Balaban J connectivity index is 1.42. The minimum atomic E-state index is -0.437. The Bertz CT molecular complexity index is 883. The molecule has 2 atom stereocenters. The summed E-state index contributed by atoms with van der Waals surface area (Å²) in [6.45, 7) is 6.29. The predicted octanol–water partition coefficient (Wildman–Crippen LogP) is 2.12. The van der Waals surface area contributed by atoms with E-state index in [0.29, 0.717) is 26.2 Å². The molecule has 28 heavy (non-hydrogen) atoms. The molecule has 4 rings (SSSR count). The summed E-state index contributed by atoms with van der Waals surface area (Å²) in [5, 5.41) is 5.78. The highest BCUT2D eigenvalue weighted by molar-refractivity contribution is 7.09. The first-order chi connectivity index (χ1) is 13.4. The molecule has 1 aromatic carbocycles. The van der Waals surface area contributed by atoms with E-state index in [4.69, 9.17) is 0 Å². The van der Waals surface area contributed by atoms with E-state index in [0.717, 1.165) is 16.3 Å². The largest absolute Gasteiger partial charge is 0.342 e. The second kappa shape index (κ2) is 7.60. The van der Waals surface area contributed by atoms with E-state index < -0.39 is 12.1 Å². The van der Waals surface area contributed by atoms with Gasteiger partial charge in [0.15, 0.2) is 0 Å². The van der Waals surface area contributed by atoms with E-state index in [1.54, 1.807) is 28.4 Å². The molecule has 0 unspecified atom stereocenters. The second-order valence-electron chi connectivity index (χ2n) is 7.65. The van der Waals surface area contributed by atoms with Gasteiger partial charge in [0.2, 0.25) is 11.8 Å². The number of halogens is 1. The number of hydrogen-bond acceptors (Lipinski definition) is 5. The molecule has 2 aromatic rings. The van der Waals surface area contributed by atoms with Crippen molar-refractivity contribution in [2.75, 3.05) is 19.6 Å². The lowest BCUT2D eigenvalue weighted by molar-refractivity contribution is -0.154. The number of nitrogens with zero attached hydrogens (tertiary/aromatic N) is 3. The summed E-state index contributed by atoms with van der Waals surface area (Å²) >= 11 is 1.55. The Hall–Kier alpha value is -2.32. The van der Waals surface area contributed by atoms with Crippen molar-refractivity contribution in [1.82, 2.24) is 20.1 Å². The van der Waals surface area contributed by atoms with Crippen molar-refractivity contribution in [3.63, 3.8) is 0 Å². The summed E-state index contributed by atoms with van der Waals surface area (Å²) in [6, 6.07) is 5.43. The zero-order chi connectivity index (χ0) is 19.8. The van der Waals surface area contributed by atoms with Crippen molar-refractivity contribution in [2.45, 2.75) is 32.5 Å². The third-order valence-electron chi connectivity index (χ3n) is 5.33. The van der Waals surface area contributed by atoms with Gasteiger partial charge in [0, 0.05) is 30.6 Å². The summed E-state index contributed by atoms with van der Waals surface area (Å²) in [7, 11) is 0. The van der Waals surface area contributed by atoms with Gasteiger partial charge in [-0.15, -0.1) is 11.3 Å². The van der Waals surface area contributed by atoms with Gasteiger partial charge in [0.05, 0.1) is 12.2 Å². The standard InChI is InChI=1S/C20H23FN4O2S/c1-12(2)18-20(27)25-8-7-24(9-16(25)19(26)23-18)10-17-22-15(11-28-17)13-3-5-14(21)6-4-13/h3-6,11-12,16,18H,7-10H2,1-2H3,(H,23,26)/t16-,18+/m1/s1.